The Bertz CT molecular complexity index is 1120. The maximum Gasteiger partial charge on any atom is 0.426 e. The molecule has 0 radical (unpaired) electrons. The molecule has 0 aromatic carbocycles. The lowest BCUT2D eigenvalue weighted by Gasteiger charge is -2.48. The number of hydrogen-bond acceptors (Lipinski definition) is 6. The summed E-state index contributed by atoms with van der Waals surface area (Å²) in [5.41, 5.74) is -12.9. The van der Waals surface area contributed by atoms with Gasteiger partial charge in [0.2, 0.25) is 0 Å². The van der Waals surface area contributed by atoms with Gasteiger partial charge in [0.15, 0.2) is 0 Å². The summed E-state index contributed by atoms with van der Waals surface area (Å²) < 4.78 is 170. The smallest absolute Gasteiger partial charge is 0.426 e. The van der Waals surface area contributed by atoms with E-state index in [1.165, 1.54) is 33.6 Å². The summed E-state index contributed by atoms with van der Waals surface area (Å²) in [7, 11) is 0. The van der Waals surface area contributed by atoms with E-state index in [-0.39, 0.29) is 23.9 Å². The summed E-state index contributed by atoms with van der Waals surface area (Å²) in [6.45, 7) is 16.7. The van der Waals surface area contributed by atoms with E-state index < -0.39 is 84.5 Å². The van der Waals surface area contributed by atoms with E-state index in [0.29, 0.717) is 5.41 Å². The molecule has 0 saturated heterocycles. The lowest BCUT2D eigenvalue weighted by atomic mass is 9.65. The SMILES string of the molecule is CCC(C)(C)C(=O)OC1CC(C(O)(C(F)(F)F)C(F)(F)F)CC(C(O)(C(F)(F)F)C(F)(F)F)C1.CCC(C)(C)C(=O)OC1CCC(C(C)(C)C)CC1. The first kappa shape index (κ1) is 48.0. The van der Waals surface area contributed by atoms with Crippen molar-refractivity contribution >= 4 is 11.9 Å². The fourth-order valence-corrected chi connectivity index (χ4v) is 6.25. The minimum Gasteiger partial charge on any atom is -0.462 e. The van der Waals surface area contributed by atoms with E-state index >= 15 is 0 Å². The molecule has 0 spiro atoms. The number of alkyl halides is 12. The van der Waals surface area contributed by atoms with Gasteiger partial charge in [-0.1, -0.05) is 34.6 Å². The first-order chi connectivity index (χ1) is 22.9. The maximum absolute atomic E-state index is 13.3. The van der Waals surface area contributed by atoms with E-state index in [0.717, 1.165) is 25.2 Å². The van der Waals surface area contributed by atoms with Crippen molar-refractivity contribution in [3.05, 3.63) is 0 Å². The van der Waals surface area contributed by atoms with E-state index in [2.05, 4.69) is 20.8 Å². The van der Waals surface area contributed by atoms with Crippen LogP contribution in [-0.2, 0) is 19.1 Å². The van der Waals surface area contributed by atoms with E-state index in [9.17, 15) is 72.5 Å². The van der Waals surface area contributed by atoms with Gasteiger partial charge < -0.3 is 19.7 Å². The average molecular weight is 785 g/mol. The van der Waals surface area contributed by atoms with Crippen molar-refractivity contribution in [1.29, 1.82) is 0 Å². The number of halogens is 12. The highest BCUT2D eigenvalue weighted by atomic mass is 19.4. The first-order valence-electron chi connectivity index (χ1n) is 17.1. The molecule has 308 valence electrons. The summed E-state index contributed by atoms with van der Waals surface area (Å²) in [6.07, 6.45) is -28.6. The number of ether oxygens (including phenoxy) is 2. The molecule has 0 bridgehead atoms. The average Bonchev–Trinajstić information content (AvgIpc) is 2.97. The number of carbonyl (C=O) groups excluding carboxylic acids is 2. The van der Waals surface area contributed by atoms with E-state index in [1.54, 1.807) is 0 Å². The van der Waals surface area contributed by atoms with Crippen molar-refractivity contribution in [2.24, 2.45) is 34.0 Å². The third kappa shape index (κ3) is 10.6. The Morgan fingerprint density at radius 1 is 0.500 bits per heavy atom. The Labute approximate surface area is 296 Å². The third-order valence-electron chi connectivity index (χ3n) is 10.9. The van der Waals surface area contributed by atoms with Gasteiger partial charge in [-0.05, 0) is 96.8 Å². The molecule has 0 amide bonds. The quantitative estimate of drug-likeness (QED) is 0.188. The van der Waals surface area contributed by atoms with Gasteiger partial charge in [-0.25, -0.2) is 0 Å². The highest BCUT2D eigenvalue weighted by Crippen LogP contribution is 2.58. The Morgan fingerprint density at radius 3 is 1.04 bits per heavy atom. The molecule has 0 aromatic rings. The van der Waals surface area contributed by atoms with Crippen molar-refractivity contribution in [1.82, 2.24) is 0 Å². The molecule has 2 aliphatic rings. The summed E-state index contributed by atoms with van der Waals surface area (Å²) in [5, 5.41) is 19.2. The van der Waals surface area contributed by atoms with Gasteiger partial charge in [0.05, 0.1) is 10.8 Å². The van der Waals surface area contributed by atoms with Crippen LogP contribution in [-0.4, -0.2) is 70.3 Å². The Hall–Kier alpha value is -1.98. The fraction of sp³-hybridized carbons (Fsp3) is 0.941. The van der Waals surface area contributed by atoms with Crippen molar-refractivity contribution in [3.63, 3.8) is 0 Å². The molecule has 2 fully saturated rings. The van der Waals surface area contributed by atoms with Gasteiger partial charge in [-0.3, -0.25) is 9.59 Å². The van der Waals surface area contributed by atoms with Crippen LogP contribution in [0.4, 0.5) is 52.7 Å². The van der Waals surface area contributed by atoms with E-state index in [1.807, 2.05) is 20.8 Å². The molecule has 2 unspecified atom stereocenters. The van der Waals surface area contributed by atoms with E-state index in [4.69, 9.17) is 9.47 Å². The predicted octanol–water partition coefficient (Wildman–Crippen LogP) is 10.0. The number of aliphatic hydroxyl groups is 2. The zero-order valence-electron chi connectivity index (χ0n) is 30.8. The van der Waals surface area contributed by atoms with Crippen LogP contribution in [0.5, 0.6) is 0 Å². The molecule has 18 heteroatoms. The van der Waals surface area contributed by atoms with Gasteiger partial charge in [0, 0.05) is 11.8 Å². The normalized spacial score (nSPS) is 24.8. The third-order valence-corrected chi connectivity index (χ3v) is 10.9. The summed E-state index contributed by atoms with van der Waals surface area (Å²) in [6, 6.07) is 0. The van der Waals surface area contributed by atoms with Crippen LogP contribution in [0.2, 0.25) is 0 Å². The molecule has 2 saturated carbocycles. The zero-order chi connectivity index (χ0) is 41.3. The van der Waals surface area contributed by atoms with Crippen LogP contribution < -0.4 is 0 Å². The van der Waals surface area contributed by atoms with Crippen LogP contribution in [0.25, 0.3) is 0 Å². The summed E-state index contributed by atoms with van der Waals surface area (Å²) in [5.74, 6) is -7.31. The molecule has 2 atom stereocenters. The van der Waals surface area contributed by atoms with Gasteiger partial charge in [0.25, 0.3) is 11.2 Å². The minimum absolute atomic E-state index is 0.0184. The van der Waals surface area contributed by atoms with Crippen molar-refractivity contribution in [2.45, 2.75) is 168 Å². The molecular weight excluding hydrogens is 732 g/mol. The van der Waals surface area contributed by atoms with Gasteiger partial charge >= 0.3 is 36.6 Å². The molecule has 52 heavy (non-hydrogen) atoms. The molecular formula is C34H52F12O6. The molecule has 6 nitrogen and oxygen atoms in total. The number of hydrogen-bond donors (Lipinski definition) is 2. The van der Waals surface area contributed by atoms with Gasteiger partial charge in [-0.15, -0.1) is 0 Å². The molecule has 2 N–H and O–H groups in total. The number of esters is 2. The number of rotatable bonds is 8. The molecule has 0 aliphatic heterocycles. The van der Waals surface area contributed by atoms with Crippen LogP contribution >= 0.6 is 0 Å². The predicted molar refractivity (Wildman–Crippen MR) is 164 cm³/mol. The van der Waals surface area contributed by atoms with Crippen LogP contribution in [0, 0.1) is 34.0 Å². The lowest BCUT2D eigenvalue weighted by Crippen LogP contribution is -2.67. The summed E-state index contributed by atoms with van der Waals surface area (Å²) >= 11 is 0. The van der Waals surface area contributed by atoms with Gasteiger partial charge in [-0.2, -0.15) is 52.7 Å². The second-order valence-electron chi connectivity index (χ2n) is 16.4. The Kier molecular flexibility index (Phi) is 14.8. The minimum atomic E-state index is -6.58. The molecule has 2 rings (SSSR count). The second kappa shape index (κ2) is 16.0. The Balaban J connectivity index is 0.000000629. The van der Waals surface area contributed by atoms with Crippen LogP contribution in [0.1, 0.15) is 120 Å². The van der Waals surface area contributed by atoms with Crippen molar-refractivity contribution < 1.29 is 82.0 Å². The highest BCUT2D eigenvalue weighted by Gasteiger charge is 2.78. The lowest BCUT2D eigenvalue weighted by molar-refractivity contribution is -0.405. The largest absolute Gasteiger partial charge is 0.462 e. The highest BCUT2D eigenvalue weighted by molar-refractivity contribution is 5.76. The van der Waals surface area contributed by atoms with Crippen LogP contribution in [0.3, 0.4) is 0 Å². The molecule has 0 heterocycles. The zero-order valence-corrected chi connectivity index (χ0v) is 30.8. The Morgan fingerprint density at radius 2 is 0.788 bits per heavy atom. The first-order valence-corrected chi connectivity index (χ1v) is 17.1. The second-order valence-corrected chi connectivity index (χ2v) is 16.4. The van der Waals surface area contributed by atoms with Crippen molar-refractivity contribution in [3.8, 4) is 0 Å². The maximum atomic E-state index is 13.3. The monoisotopic (exact) mass is 784 g/mol. The van der Waals surface area contributed by atoms with Crippen molar-refractivity contribution in [2.75, 3.05) is 0 Å². The fourth-order valence-electron chi connectivity index (χ4n) is 6.25. The van der Waals surface area contributed by atoms with Gasteiger partial charge in [0.1, 0.15) is 12.2 Å². The molecule has 0 aromatic heterocycles. The van der Waals surface area contributed by atoms with Crippen LogP contribution in [0.15, 0.2) is 0 Å². The molecule has 2 aliphatic carbocycles. The standard InChI is InChI=1S/C18H22F12O4.C16H30O2/c1-4-12(2,3)11(31)34-10-6-8(13(32,15(19,20)21)16(22,23)24)5-9(7-10)14(33,17(25,26)27)18(28,29)30;1-7-16(5,6)14(17)18-13-10-8-12(9-11-13)15(2,3)4/h8-10,32-33H,4-7H2,1-3H3;12-13H,7-11H2,1-6H3. The summed E-state index contributed by atoms with van der Waals surface area (Å²) in [4.78, 5) is 24.2. The number of carbonyl (C=O) groups is 2. The topological polar surface area (TPSA) is 93.1 Å².